The molecule has 0 aliphatic rings. The summed E-state index contributed by atoms with van der Waals surface area (Å²) in [7, 11) is 1.40. The molecule has 1 aromatic rings. The van der Waals surface area contributed by atoms with Crippen molar-refractivity contribution in [2.75, 3.05) is 13.9 Å². The van der Waals surface area contributed by atoms with Crippen LogP contribution in [0.1, 0.15) is 31.1 Å². The van der Waals surface area contributed by atoms with Crippen LogP contribution < -0.4 is 4.74 Å². The second-order valence-corrected chi connectivity index (χ2v) is 4.99. The van der Waals surface area contributed by atoms with Crippen LogP contribution in [0.5, 0.6) is 5.75 Å². The molecule has 0 radical (unpaired) electrons. The van der Waals surface area contributed by atoms with Crippen molar-refractivity contribution in [3.05, 3.63) is 33.9 Å². The molecule has 0 saturated carbocycles. The molecule has 0 spiro atoms. The molecule has 1 aromatic carbocycles. The maximum absolute atomic E-state index is 11.9. The van der Waals surface area contributed by atoms with E-state index in [-0.39, 0.29) is 23.8 Å². The third kappa shape index (κ3) is 4.51. The Balaban J connectivity index is 3.04. The largest absolute Gasteiger partial charge is 0.460 e. The summed E-state index contributed by atoms with van der Waals surface area (Å²) in [6, 6.07) is 3.88. The van der Waals surface area contributed by atoms with E-state index in [2.05, 4.69) is 4.74 Å². The van der Waals surface area contributed by atoms with Gasteiger partial charge in [-0.05, 0) is 32.9 Å². The number of benzene rings is 1. The fraction of sp³-hybridized carbons (Fsp3) is 0.462. The fourth-order valence-electron chi connectivity index (χ4n) is 1.37. The zero-order valence-electron chi connectivity index (χ0n) is 11.8. The van der Waals surface area contributed by atoms with Gasteiger partial charge in [-0.25, -0.2) is 4.79 Å². The number of nitro benzene ring substituents is 1. The predicted octanol–water partition coefficient (Wildman–Crippen LogP) is 2.53. The maximum Gasteiger partial charge on any atom is 0.338 e. The van der Waals surface area contributed by atoms with Gasteiger partial charge in [0.2, 0.25) is 0 Å². The number of carbonyl (C=O) groups excluding carboxylic acids is 1. The predicted molar refractivity (Wildman–Crippen MR) is 70.8 cm³/mol. The summed E-state index contributed by atoms with van der Waals surface area (Å²) in [6.07, 6.45) is 0. The van der Waals surface area contributed by atoms with E-state index in [1.807, 2.05) is 0 Å². The third-order valence-corrected chi connectivity index (χ3v) is 2.12. The van der Waals surface area contributed by atoms with Crippen molar-refractivity contribution in [1.82, 2.24) is 0 Å². The van der Waals surface area contributed by atoms with E-state index in [1.165, 1.54) is 19.2 Å². The van der Waals surface area contributed by atoms with Crippen molar-refractivity contribution in [3.63, 3.8) is 0 Å². The van der Waals surface area contributed by atoms with E-state index in [0.29, 0.717) is 0 Å². The van der Waals surface area contributed by atoms with E-state index in [0.717, 1.165) is 6.07 Å². The Morgan fingerprint density at radius 3 is 2.50 bits per heavy atom. The van der Waals surface area contributed by atoms with Gasteiger partial charge in [0, 0.05) is 13.2 Å². The zero-order chi connectivity index (χ0) is 15.3. The molecule has 0 fully saturated rings. The van der Waals surface area contributed by atoms with Crippen LogP contribution in [0.3, 0.4) is 0 Å². The standard InChI is InChI=1S/C13H17NO6/c1-13(2,3)20-12(15)9-5-6-11(19-8-18-4)10(7-9)14(16)17/h5-7H,8H2,1-4H3. The quantitative estimate of drug-likeness (QED) is 0.357. The Hall–Kier alpha value is -2.15. The molecule has 0 aromatic heterocycles. The van der Waals surface area contributed by atoms with Crippen molar-refractivity contribution in [3.8, 4) is 5.75 Å². The first-order chi connectivity index (χ1) is 9.24. The van der Waals surface area contributed by atoms with Crippen LogP contribution in [-0.2, 0) is 9.47 Å². The summed E-state index contributed by atoms with van der Waals surface area (Å²) in [6.45, 7) is 5.03. The highest BCUT2D eigenvalue weighted by molar-refractivity contribution is 5.90. The molecule has 0 aliphatic carbocycles. The normalized spacial score (nSPS) is 11.0. The minimum atomic E-state index is -0.670. The van der Waals surface area contributed by atoms with Crippen LogP contribution in [0.15, 0.2) is 18.2 Å². The number of hydrogen-bond acceptors (Lipinski definition) is 6. The second kappa shape index (κ2) is 6.33. The van der Waals surface area contributed by atoms with Crippen LogP contribution in [0, 0.1) is 10.1 Å². The number of carbonyl (C=O) groups is 1. The average Bonchev–Trinajstić information content (AvgIpc) is 2.33. The Morgan fingerprint density at radius 1 is 1.35 bits per heavy atom. The van der Waals surface area contributed by atoms with Crippen LogP contribution in [0.4, 0.5) is 5.69 Å². The van der Waals surface area contributed by atoms with E-state index in [4.69, 9.17) is 9.47 Å². The van der Waals surface area contributed by atoms with Crippen molar-refractivity contribution in [2.24, 2.45) is 0 Å². The number of ether oxygens (including phenoxy) is 3. The van der Waals surface area contributed by atoms with Crippen LogP contribution in [-0.4, -0.2) is 30.4 Å². The number of methoxy groups -OCH3 is 1. The van der Waals surface area contributed by atoms with Gasteiger partial charge in [0.1, 0.15) is 5.60 Å². The van der Waals surface area contributed by atoms with E-state index in [9.17, 15) is 14.9 Å². The van der Waals surface area contributed by atoms with Gasteiger partial charge >= 0.3 is 11.7 Å². The minimum Gasteiger partial charge on any atom is -0.460 e. The molecule has 7 heteroatoms. The molecule has 110 valence electrons. The highest BCUT2D eigenvalue weighted by Gasteiger charge is 2.22. The maximum atomic E-state index is 11.9. The fourth-order valence-corrected chi connectivity index (χ4v) is 1.37. The molecule has 0 aliphatic heterocycles. The minimum absolute atomic E-state index is 0.0316. The van der Waals surface area contributed by atoms with Gasteiger partial charge in [-0.1, -0.05) is 0 Å². The van der Waals surface area contributed by atoms with E-state index < -0.39 is 16.5 Å². The second-order valence-electron chi connectivity index (χ2n) is 4.99. The van der Waals surface area contributed by atoms with Crippen molar-refractivity contribution >= 4 is 11.7 Å². The molecule has 0 N–H and O–H groups in total. The van der Waals surface area contributed by atoms with Crippen LogP contribution in [0.2, 0.25) is 0 Å². The average molecular weight is 283 g/mol. The van der Waals surface area contributed by atoms with E-state index in [1.54, 1.807) is 20.8 Å². The molecule has 20 heavy (non-hydrogen) atoms. The SMILES string of the molecule is COCOc1ccc(C(=O)OC(C)(C)C)cc1[N+](=O)[O-]. The lowest BCUT2D eigenvalue weighted by atomic mass is 10.1. The molecule has 0 atom stereocenters. The van der Waals surface area contributed by atoms with Gasteiger partial charge in [-0.15, -0.1) is 0 Å². The topological polar surface area (TPSA) is 87.9 Å². The summed E-state index contributed by atoms with van der Waals surface area (Å²) in [5.74, 6) is -0.594. The first-order valence-electron chi connectivity index (χ1n) is 5.88. The number of nitrogens with zero attached hydrogens (tertiary/aromatic N) is 1. The highest BCUT2D eigenvalue weighted by atomic mass is 16.7. The van der Waals surface area contributed by atoms with Crippen molar-refractivity contribution in [2.45, 2.75) is 26.4 Å². The lowest BCUT2D eigenvalue weighted by Gasteiger charge is -2.19. The van der Waals surface area contributed by atoms with Gasteiger partial charge < -0.3 is 14.2 Å². The molecular weight excluding hydrogens is 266 g/mol. The van der Waals surface area contributed by atoms with Crippen LogP contribution >= 0.6 is 0 Å². The van der Waals surface area contributed by atoms with Gasteiger partial charge in [0.15, 0.2) is 12.5 Å². The molecule has 0 unspecified atom stereocenters. The summed E-state index contributed by atoms with van der Waals surface area (Å²) in [5.41, 5.74) is -0.890. The van der Waals surface area contributed by atoms with Crippen LogP contribution in [0.25, 0.3) is 0 Å². The Kier molecular flexibility index (Phi) is 5.04. The summed E-state index contributed by atoms with van der Waals surface area (Å²) >= 11 is 0. The van der Waals surface area contributed by atoms with Gasteiger partial charge in [-0.3, -0.25) is 10.1 Å². The first-order valence-corrected chi connectivity index (χ1v) is 5.88. The zero-order valence-corrected chi connectivity index (χ0v) is 11.8. The number of rotatable bonds is 5. The monoisotopic (exact) mass is 283 g/mol. The Morgan fingerprint density at radius 2 is 2.00 bits per heavy atom. The molecular formula is C13H17NO6. The number of hydrogen-bond donors (Lipinski definition) is 0. The summed E-state index contributed by atoms with van der Waals surface area (Å²) in [5, 5.41) is 11.0. The van der Waals surface area contributed by atoms with Crippen molar-refractivity contribution in [1.29, 1.82) is 0 Å². The highest BCUT2D eigenvalue weighted by Crippen LogP contribution is 2.28. The number of esters is 1. The smallest absolute Gasteiger partial charge is 0.338 e. The lowest BCUT2D eigenvalue weighted by Crippen LogP contribution is -2.23. The summed E-state index contributed by atoms with van der Waals surface area (Å²) < 4.78 is 14.9. The van der Waals surface area contributed by atoms with Gasteiger partial charge in [0.25, 0.3) is 0 Å². The molecule has 0 bridgehead atoms. The van der Waals surface area contributed by atoms with E-state index >= 15 is 0 Å². The Bertz CT molecular complexity index is 506. The molecule has 0 amide bonds. The third-order valence-electron chi connectivity index (χ3n) is 2.12. The molecule has 1 rings (SSSR count). The van der Waals surface area contributed by atoms with Gasteiger partial charge in [0.05, 0.1) is 10.5 Å². The summed E-state index contributed by atoms with van der Waals surface area (Å²) in [4.78, 5) is 22.2. The lowest BCUT2D eigenvalue weighted by molar-refractivity contribution is -0.386. The first kappa shape index (κ1) is 15.9. The molecule has 0 heterocycles. The molecule has 0 saturated heterocycles. The van der Waals surface area contributed by atoms with Gasteiger partial charge in [-0.2, -0.15) is 0 Å². The molecule has 7 nitrogen and oxygen atoms in total. The van der Waals surface area contributed by atoms with Crippen molar-refractivity contribution < 1.29 is 23.9 Å². The Labute approximate surface area is 116 Å². The number of nitro groups is 1.